The second kappa shape index (κ2) is 3.50. The van der Waals surface area contributed by atoms with Crippen LogP contribution in [0.15, 0.2) is 6.58 Å². The molecule has 1 aromatic rings. The minimum atomic E-state index is 1.18. The van der Waals surface area contributed by atoms with Crippen LogP contribution in [0.25, 0.3) is 6.08 Å². The van der Waals surface area contributed by atoms with Gasteiger partial charge >= 0.3 is 0 Å². The zero-order chi connectivity index (χ0) is 10.2. The van der Waals surface area contributed by atoms with Crippen LogP contribution in [0.3, 0.4) is 0 Å². The second-order valence-corrected chi connectivity index (χ2v) is 3.99. The van der Waals surface area contributed by atoms with Crippen molar-refractivity contribution in [3.8, 4) is 0 Å². The van der Waals surface area contributed by atoms with Crippen molar-refractivity contribution in [3.05, 3.63) is 34.4 Å². The molecule has 0 aliphatic rings. The largest absolute Gasteiger partial charge is 0.0985 e. The average molecular weight is 187 g/mol. The van der Waals surface area contributed by atoms with Crippen molar-refractivity contribution in [1.29, 1.82) is 0 Å². The molecule has 0 amide bonds. The van der Waals surface area contributed by atoms with Gasteiger partial charge < -0.3 is 0 Å². The number of rotatable bonds is 1. The van der Waals surface area contributed by atoms with E-state index in [1.54, 1.807) is 0 Å². The van der Waals surface area contributed by atoms with Crippen LogP contribution in [0.1, 0.15) is 27.8 Å². The van der Waals surface area contributed by atoms with Crippen molar-refractivity contribution in [2.24, 2.45) is 0 Å². The summed E-state index contributed by atoms with van der Waals surface area (Å²) >= 11 is 0. The topological polar surface area (TPSA) is 0 Å². The van der Waals surface area contributed by atoms with Crippen molar-refractivity contribution in [3.63, 3.8) is 0 Å². The van der Waals surface area contributed by atoms with Gasteiger partial charge in [-0.1, -0.05) is 17.8 Å². The molecule has 3 radical (unpaired) electrons. The van der Waals surface area contributed by atoms with E-state index in [9.17, 15) is 0 Å². The zero-order valence-electron chi connectivity index (χ0n) is 8.78. The molecule has 67 valence electrons. The molecule has 0 saturated heterocycles. The Bertz CT molecular complexity index is 333. The fourth-order valence-electron chi connectivity index (χ4n) is 1.60. The molecule has 0 atom stereocenters. The third kappa shape index (κ3) is 1.48. The summed E-state index contributed by atoms with van der Waals surface area (Å²) in [6, 6.07) is 0. The molecule has 0 fully saturated rings. The molecule has 13 heavy (non-hydrogen) atoms. The van der Waals surface area contributed by atoms with Gasteiger partial charge in [0.15, 0.2) is 0 Å². The highest BCUT2D eigenvalue weighted by Crippen LogP contribution is 2.19. The summed E-state index contributed by atoms with van der Waals surface area (Å²) in [4.78, 5) is 0. The minimum absolute atomic E-state index is 1.18. The summed E-state index contributed by atoms with van der Waals surface area (Å²) in [5.74, 6) is 0. The lowest BCUT2D eigenvalue weighted by atomic mass is 9.94. The smallest absolute Gasteiger partial charge is 0.0724 e. The molecule has 1 heteroatoms. The Labute approximate surface area is 84.1 Å². The van der Waals surface area contributed by atoms with E-state index in [0.29, 0.717) is 0 Å². The van der Waals surface area contributed by atoms with Gasteiger partial charge in [-0.25, -0.2) is 0 Å². The molecule has 0 spiro atoms. The van der Waals surface area contributed by atoms with Crippen molar-refractivity contribution < 1.29 is 0 Å². The normalized spacial score (nSPS) is 10.2. The van der Waals surface area contributed by atoms with Crippen LogP contribution in [0.4, 0.5) is 0 Å². The summed E-state index contributed by atoms with van der Waals surface area (Å²) in [6.45, 7) is 12.4. The highest BCUT2D eigenvalue weighted by atomic mass is 28.1. The van der Waals surface area contributed by atoms with Crippen molar-refractivity contribution >= 4 is 21.5 Å². The van der Waals surface area contributed by atoms with Gasteiger partial charge in [-0.05, 0) is 55.5 Å². The first-order valence-electron chi connectivity index (χ1n) is 4.45. The number of benzene rings is 1. The molecule has 0 heterocycles. The van der Waals surface area contributed by atoms with Crippen LogP contribution < -0.4 is 5.19 Å². The summed E-state index contributed by atoms with van der Waals surface area (Å²) in [5, 5.41) is 1.18. The number of hydrogen-bond donors (Lipinski definition) is 0. The van der Waals surface area contributed by atoms with Crippen LogP contribution in [0, 0.1) is 27.7 Å². The molecular weight excluding hydrogens is 172 g/mol. The van der Waals surface area contributed by atoms with E-state index >= 15 is 0 Å². The summed E-state index contributed by atoms with van der Waals surface area (Å²) in [6.07, 6.45) is 1.91. The third-order valence-electron chi connectivity index (χ3n) is 2.94. The third-order valence-corrected chi connectivity index (χ3v) is 3.58. The Morgan fingerprint density at radius 1 is 0.923 bits per heavy atom. The maximum atomic E-state index is 3.83. The predicted octanol–water partition coefficient (Wildman–Crippen LogP) is 2.36. The Balaban J connectivity index is 3.66. The van der Waals surface area contributed by atoms with Crippen molar-refractivity contribution in [2.75, 3.05) is 0 Å². The molecule has 0 unspecified atom stereocenters. The van der Waals surface area contributed by atoms with Crippen LogP contribution in [0.2, 0.25) is 0 Å². The fourth-order valence-corrected chi connectivity index (χ4v) is 2.07. The first-order valence-corrected chi connectivity index (χ1v) is 4.95. The van der Waals surface area contributed by atoms with Crippen LogP contribution in [-0.4, -0.2) is 10.2 Å². The van der Waals surface area contributed by atoms with Gasteiger partial charge in [0, 0.05) is 0 Å². The molecular formula is C12H15Si. The quantitative estimate of drug-likeness (QED) is 0.592. The molecule has 0 aromatic heterocycles. The molecule has 0 aliphatic heterocycles. The van der Waals surface area contributed by atoms with Crippen LogP contribution in [-0.2, 0) is 0 Å². The van der Waals surface area contributed by atoms with Crippen LogP contribution in [0.5, 0.6) is 0 Å². The zero-order valence-corrected chi connectivity index (χ0v) is 9.78. The predicted molar refractivity (Wildman–Crippen MR) is 60.9 cm³/mol. The van der Waals surface area contributed by atoms with E-state index in [0.717, 1.165) is 0 Å². The molecule has 0 N–H and O–H groups in total. The first-order chi connectivity index (χ1) is 6.00. The van der Waals surface area contributed by atoms with E-state index < -0.39 is 0 Å². The first kappa shape index (κ1) is 10.3. The van der Waals surface area contributed by atoms with E-state index in [4.69, 9.17) is 0 Å². The Morgan fingerprint density at radius 3 is 1.85 bits per heavy atom. The average Bonchev–Trinajstić information content (AvgIpc) is 2.13. The summed E-state index contributed by atoms with van der Waals surface area (Å²) in [7, 11) is 3.66. The van der Waals surface area contributed by atoms with Gasteiger partial charge in [-0.3, -0.25) is 0 Å². The Morgan fingerprint density at radius 2 is 1.38 bits per heavy atom. The number of hydrogen-bond acceptors (Lipinski definition) is 0. The molecule has 0 saturated carbocycles. The second-order valence-electron chi connectivity index (χ2n) is 3.49. The van der Waals surface area contributed by atoms with Crippen LogP contribution >= 0.6 is 0 Å². The van der Waals surface area contributed by atoms with E-state index in [1.807, 2.05) is 6.08 Å². The van der Waals surface area contributed by atoms with Crippen molar-refractivity contribution in [2.45, 2.75) is 27.7 Å². The lowest BCUT2D eigenvalue weighted by Crippen LogP contribution is -2.16. The molecule has 0 aliphatic carbocycles. The van der Waals surface area contributed by atoms with Gasteiger partial charge in [0.25, 0.3) is 0 Å². The van der Waals surface area contributed by atoms with E-state index in [-0.39, 0.29) is 0 Å². The monoisotopic (exact) mass is 187 g/mol. The highest BCUT2D eigenvalue weighted by molar-refractivity contribution is 6.35. The van der Waals surface area contributed by atoms with Crippen molar-refractivity contribution in [1.82, 2.24) is 0 Å². The Kier molecular flexibility index (Phi) is 2.76. The molecule has 1 rings (SSSR count). The molecule has 0 nitrogen and oxygen atoms in total. The van der Waals surface area contributed by atoms with Gasteiger partial charge in [0.2, 0.25) is 0 Å². The van der Waals surface area contributed by atoms with Gasteiger partial charge in [0.1, 0.15) is 0 Å². The van der Waals surface area contributed by atoms with Gasteiger partial charge in [-0.15, -0.1) is 0 Å². The van der Waals surface area contributed by atoms with E-state index in [1.165, 1.54) is 33.0 Å². The van der Waals surface area contributed by atoms with Gasteiger partial charge in [-0.2, -0.15) is 0 Å². The maximum Gasteiger partial charge on any atom is 0.0724 e. The summed E-state index contributed by atoms with van der Waals surface area (Å²) in [5.41, 5.74) is 6.59. The lowest BCUT2D eigenvalue weighted by molar-refractivity contribution is 1.22. The molecule has 0 bridgehead atoms. The molecule has 1 aromatic carbocycles. The SMILES string of the molecule is C=Cc1c(C)c(C)c(C)c(C)c1[Si]. The highest BCUT2D eigenvalue weighted by Gasteiger charge is 2.08. The van der Waals surface area contributed by atoms with Gasteiger partial charge in [0.05, 0.1) is 10.2 Å². The fraction of sp³-hybridized carbons (Fsp3) is 0.333. The minimum Gasteiger partial charge on any atom is -0.0985 e. The maximum absolute atomic E-state index is 3.83. The van der Waals surface area contributed by atoms with E-state index in [2.05, 4.69) is 44.5 Å². The standard InChI is InChI=1S/C12H15Si/c1-6-11-9(4)7(2)8(3)10(5)12(11)13/h6H,1H2,2-5H3. The summed E-state index contributed by atoms with van der Waals surface area (Å²) < 4.78 is 0. The lowest BCUT2D eigenvalue weighted by Gasteiger charge is -2.15. The Hall–Kier alpha value is -0.823.